The van der Waals surface area contributed by atoms with Crippen LogP contribution in [0.25, 0.3) is 10.9 Å². The quantitative estimate of drug-likeness (QED) is 0.628. The summed E-state index contributed by atoms with van der Waals surface area (Å²) in [5, 5.41) is -0.534. The molecule has 0 N–H and O–H groups in total. The Kier molecular flexibility index (Phi) is 3.61. The van der Waals surface area contributed by atoms with Crippen LogP contribution in [0.5, 0.6) is 5.75 Å². The molecule has 128 valence electrons. The van der Waals surface area contributed by atoms with Crippen LogP contribution in [0.3, 0.4) is 0 Å². The number of hydrogen-bond acceptors (Lipinski definition) is 3. The zero-order chi connectivity index (χ0) is 17.8. The Morgan fingerprint density at radius 3 is 2.42 bits per heavy atom. The summed E-state index contributed by atoms with van der Waals surface area (Å²) >= 11 is 0. The number of ether oxygens (including phenoxy) is 1. The Labute approximate surface area is 131 Å². The van der Waals surface area contributed by atoms with E-state index in [1.807, 2.05) is 0 Å². The minimum Gasteiger partial charge on any atom is -0.400 e. The van der Waals surface area contributed by atoms with Gasteiger partial charge in [-0.05, 0) is 25.8 Å². The second-order valence-corrected chi connectivity index (χ2v) is 5.51. The third-order valence-corrected chi connectivity index (χ3v) is 3.70. The average Bonchev–Trinajstić information content (AvgIpc) is 3.28. The molecule has 0 aliphatic heterocycles. The summed E-state index contributed by atoms with van der Waals surface area (Å²) in [5.41, 5.74) is -1.79. The molecule has 0 amide bonds. The van der Waals surface area contributed by atoms with Gasteiger partial charge in [-0.2, -0.15) is 4.39 Å². The lowest BCUT2D eigenvalue weighted by Gasteiger charge is -2.17. The van der Waals surface area contributed by atoms with Crippen LogP contribution in [-0.4, -0.2) is 16.7 Å². The van der Waals surface area contributed by atoms with Gasteiger partial charge in [0.15, 0.2) is 22.8 Å². The number of Topliss-reactive ketones (excluding diaryl/α,β-unsaturated/α-hetero) is 1. The summed E-state index contributed by atoms with van der Waals surface area (Å²) < 4.78 is 70.2. The lowest BCUT2D eigenvalue weighted by molar-refractivity contribution is -0.275. The predicted octanol–water partition coefficient (Wildman–Crippen LogP) is 3.72. The first-order chi connectivity index (χ1) is 11.1. The Morgan fingerprint density at radius 1 is 1.29 bits per heavy atom. The van der Waals surface area contributed by atoms with E-state index in [9.17, 15) is 31.5 Å². The molecule has 3 rings (SSSR count). The zero-order valence-corrected chi connectivity index (χ0v) is 12.2. The summed E-state index contributed by atoms with van der Waals surface area (Å²) in [5.74, 6) is -5.54. The van der Waals surface area contributed by atoms with Crippen molar-refractivity contribution in [3.05, 3.63) is 39.7 Å². The van der Waals surface area contributed by atoms with Crippen molar-refractivity contribution in [2.45, 2.75) is 32.2 Å². The number of carbonyl (C=O) groups is 1. The van der Waals surface area contributed by atoms with Crippen LogP contribution in [0, 0.1) is 11.6 Å². The molecule has 0 atom stereocenters. The molecule has 2 aromatic rings. The first kappa shape index (κ1) is 16.4. The molecule has 1 saturated carbocycles. The van der Waals surface area contributed by atoms with E-state index in [0.29, 0.717) is 18.9 Å². The number of hydrogen-bond donors (Lipinski definition) is 0. The van der Waals surface area contributed by atoms with Crippen molar-refractivity contribution < 1.29 is 31.5 Å². The van der Waals surface area contributed by atoms with Crippen molar-refractivity contribution in [2.75, 3.05) is 0 Å². The van der Waals surface area contributed by atoms with E-state index >= 15 is 0 Å². The molecule has 1 aromatic carbocycles. The largest absolute Gasteiger partial charge is 0.573 e. The van der Waals surface area contributed by atoms with Gasteiger partial charge in [-0.25, -0.2) is 4.39 Å². The number of benzene rings is 1. The Balaban J connectivity index is 2.46. The number of ketones is 1. The van der Waals surface area contributed by atoms with Crippen molar-refractivity contribution in [1.82, 2.24) is 4.57 Å². The van der Waals surface area contributed by atoms with E-state index in [0.717, 1.165) is 13.1 Å². The molecule has 1 aliphatic carbocycles. The number of fused-ring (bicyclic) bond motifs is 1. The normalized spacial score (nSPS) is 14.9. The van der Waals surface area contributed by atoms with Gasteiger partial charge in [0.1, 0.15) is 0 Å². The van der Waals surface area contributed by atoms with E-state index in [-0.39, 0.29) is 11.6 Å². The summed E-state index contributed by atoms with van der Waals surface area (Å²) in [6.45, 7) is 1.10. The highest BCUT2D eigenvalue weighted by Crippen LogP contribution is 2.41. The van der Waals surface area contributed by atoms with E-state index in [2.05, 4.69) is 4.74 Å². The van der Waals surface area contributed by atoms with Crippen LogP contribution < -0.4 is 10.2 Å². The van der Waals surface area contributed by atoms with Gasteiger partial charge in [0.05, 0.1) is 16.5 Å². The van der Waals surface area contributed by atoms with Gasteiger partial charge in [0.25, 0.3) is 0 Å². The molecule has 24 heavy (non-hydrogen) atoms. The maximum Gasteiger partial charge on any atom is 0.573 e. The van der Waals surface area contributed by atoms with Crippen LogP contribution in [-0.2, 0) is 0 Å². The topological polar surface area (TPSA) is 48.3 Å². The zero-order valence-electron chi connectivity index (χ0n) is 12.2. The molecule has 9 heteroatoms. The monoisotopic (exact) mass is 347 g/mol. The Hall–Kier alpha value is -2.45. The molecule has 0 spiro atoms. The second-order valence-electron chi connectivity index (χ2n) is 5.51. The lowest BCUT2D eigenvalue weighted by atomic mass is 10.1. The van der Waals surface area contributed by atoms with Gasteiger partial charge in [-0.15, -0.1) is 13.2 Å². The summed E-state index contributed by atoms with van der Waals surface area (Å²) in [4.78, 5) is 23.9. The molecule has 1 heterocycles. The molecule has 0 saturated heterocycles. The number of pyridine rings is 1. The smallest absolute Gasteiger partial charge is 0.400 e. The van der Waals surface area contributed by atoms with Gasteiger partial charge in [0.2, 0.25) is 5.82 Å². The van der Waals surface area contributed by atoms with Gasteiger partial charge >= 0.3 is 6.36 Å². The van der Waals surface area contributed by atoms with Gasteiger partial charge in [0, 0.05) is 12.2 Å². The molecule has 1 aliphatic rings. The van der Waals surface area contributed by atoms with Crippen molar-refractivity contribution in [2.24, 2.45) is 0 Å². The fraction of sp³-hybridized carbons (Fsp3) is 0.333. The minimum absolute atomic E-state index is 0.307. The molecule has 0 unspecified atom stereocenters. The third kappa shape index (κ3) is 2.74. The molecule has 0 radical (unpaired) electrons. The number of aromatic nitrogens is 1. The average molecular weight is 347 g/mol. The van der Waals surface area contributed by atoms with E-state index in [1.54, 1.807) is 0 Å². The summed E-state index contributed by atoms with van der Waals surface area (Å²) in [6.07, 6.45) is -3.06. The number of rotatable bonds is 3. The van der Waals surface area contributed by atoms with Crippen molar-refractivity contribution in [3.8, 4) is 5.75 Å². The van der Waals surface area contributed by atoms with E-state index in [4.69, 9.17) is 0 Å². The molecular weight excluding hydrogens is 337 g/mol. The van der Waals surface area contributed by atoms with E-state index in [1.165, 1.54) is 4.57 Å². The first-order valence-electron chi connectivity index (χ1n) is 6.93. The van der Waals surface area contributed by atoms with Crippen molar-refractivity contribution in [3.63, 3.8) is 0 Å². The van der Waals surface area contributed by atoms with Crippen LogP contribution in [0.2, 0.25) is 0 Å². The second kappa shape index (κ2) is 5.29. The minimum atomic E-state index is -5.27. The van der Waals surface area contributed by atoms with Crippen molar-refractivity contribution in [1.29, 1.82) is 0 Å². The van der Waals surface area contributed by atoms with Crippen LogP contribution in [0.1, 0.15) is 36.2 Å². The Morgan fingerprint density at radius 2 is 1.92 bits per heavy atom. The van der Waals surface area contributed by atoms with E-state index < -0.39 is 45.9 Å². The fourth-order valence-electron chi connectivity index (χ4n) is 2.53. The van der Waals surface area contributed by atoms with Gasteiger partial charge in [-0.3, -0.25) is 9.59 Å². The highest BCUT2D eigenvalue weighted by atomic mass is 19.4. The SMILES string of the molecule is CC(=O)c1cn(C2CC2)c2c(OC(F)(F)F)c(F)c(F)cc2c1=O. The number of alkyl halides is 3. The molecule has 1 aromatic heterocycles. The Bertz CT molecular complexity index is 912. The molecular formula is C15H10F5NO3. The molecule has 1 fully saturated rings. The predicted molar refractivity (Wildman–Crippen MR) is 73.1 cm³/mol. The summed E-state index contributed by atoms with van der Waals surface area (Å²) in [7, 11) is 0. The standard InChI is InChI=1S/C15H10F5NO3/c1-6(22)9-5-21(7-2-3-7)12-8(13(9)23)4-10(16)11(17)14(12)24-15(18,19)20/h4-5,7H,2-3H2,1H3. The highest BCUT2D eigenvalue weighted by Gasteiger charge is 2.37. The van der Waals surface area contributed by atoms with Crippen LogP contribution >= 0.6 is 0 Å². The first-order valence-corrected chi connectivity index (χ1v) is 6.93. The maximum absolute atomic E-state index is 13.9. The number of nitrogens with zero attached hydrogens (tertiary/aromatic N) is 1. The van der Waals surface area contributed by atoms with Crippen molar-refractivity contribution >= 4 is 16.7 Å². The van der Waals surface area contributed by atoms with Crippen LogP contribution in [0.15, 0.2) is 17.1 Å². The third-order valence-electron chi connectivity index (χ3n) is 3.70. The number of carbonyl (C=O) groups excluding carboxylic acids is 1. The molecule has 0 bridgehead atoms. The van der Waals surface area contributed by atoms with Gasteiger partial charge in [-0.1, -0.05) is 0 Å². The molecule has 4 nitrogen and oxygen atoms in total. The number of halogens is 5. The maximum atomic E-state index is 13.9. The lowest BCUT2D eigenvalue weighted by Crippen LogP contribution is -2.22. The highest BCUT2D eigenvalue weighted by molar-refractivity contribution is 5.98. The van der Waals surface area contributed by atoms with Crippen LogP contribution in [0.4, 0.5) is 22.0 Å². The summed E-state index contributed by atoms with van der Waals surface area (Å²) in [6, 6.07) is 0.174. The van der Waals surface area contributed by atoms with Gasteiger partial charge < -0.3 is 9.30 Å². The fourth-order valence-corrected chi connectivity index (χ4v) is 2.53.